The van der Waals surface area contributed by atoms with Crippen LogP contribution < -0.4 is 9.80 Å². The number of alkyl halides is 3. The number of pyridine rings is 1. The molecule has 0 aliphatic carbocycles. The highest BCUT2D eigenvalue weighted by atomic mass is 35.5. The van der Waals surface area contributed by atoms with Crippen LogP contribution in [0.15, 0.2) is 12.3 Å². The Morgan fingerprint density at radius 1 is 1.25 bits per heavy atom. The van der Waals surface area contributed by atoms with Gasteiger partial charge in [-0.25, -0.2) is 9.67 Å². The van der Waals surface area contributed by atoms with Gasteiger partial charge in [0.05, 0.1) is 15.5 Å². The van der Waals surface area contributed by atoms with E-state index in [4.69, 9.17) is 11.6 Å². The summed E-state index contributed by atoms with van der Waals surface area (Å²) in [6.07, 6.45) is -3.31. The molecule has 2 aromatic heterocycles. The number of rotatable bonds is 4. The monoisotopic (exact) mass is 418 g/mol. The molecular weight excluding hydrogens is 401 g/mol. The molecule has 0 amide bonds. The molecule has 1 fully saturated rings. The maximum atomic E-state index is 12.8. The molecule has 152 valence electrons. The van der Waals surface area contributed by atoms with Gasteiger partial charge < -0.3 is 9.80 Å². The molecule has 0 unspecified atom stereocenters. The number of anilines is 2. The average Bonchev–Trinajstić information content (AvgIpc) is 2.98. The number of hydrogen-bond donors (Lipinski definition) is 0. The van der Waals surface area contributed by atoms with Crippen molar-refractivity contribution in [2.24, 2.45) is 7.05 Å². The van der Waals surface area contributed by atoms with Crippen LogP contribution in [0.25, 0.3) is 0 Å². The first-order valence-corrected chi connectivity index (χ1v) is 8.94. The van der Waals surface area contributed by atoms with Crippen LogP contribution in [0.2, 0.25) is 5.02 Å². The zero-order chi connectivity index (χ0) is 20.6. The smallest absolute Gasteiger partial charge is 0.352 e. The summed E-state index contributed by atoms with van der Waals surface area (Å²) in [6, 6.07) is 0.857. The highest BCUT2D eigenvalue weighted by Crippen LogP contribution is 2.35. The van der Waals surface area contributed by atoms with E-state index in [2.05, 4.69) is 10.1 Å². The molecule has 28 heavy (non-hydrogen) atoms. The van der Waals surface area contributed by atoms with Crippen LogP contribution in [-0.4, -0.2) is 45.9 Å². The fourth-order valence-electron chi connectivity index (χ4n) is 3.29. The van der Waals surface area contributed by atoms with Crippen molar-refractivity contribution in [3.8, 4) is 0 Å². The number of nitrogens with zero attached hydrogens (tertiary/aromatic N) is 6. The van der Waals surface area contributed by atoms with Gasteiger partial charge in [-0.3, -0.25) is 10.1 Å². The standard InChI is InChI=1S/C16H18ClF3N6O2/c1-3-12-13(26(27)28)15(23(2)22-12)25-6-4-24(5-7-25)14-11(17)8-10(9-21-14)16(18,19)20/h8-9H,3-7H2,1-2H3. The van der Waals surface area contributed by atoms with Crippen LogP contribution in [0.1, 0.15) is 18.2 Å². The van der Waals surface area contributed by atoms with E-state index in [-0.39, 0.29) is 16.5 Å². The minimum absolute atomic E-state index is 0.0101. The molecule has 2 aromatic rings. The van der Waals surface area contributed by atoms with Crippen molar-refractivity contribution >= 4 is 28.9 Å². The highest BCUT2D eigenvalue weighted by Gasteiger charge is 2.34. The Labute approximate surface area is 163 Å². The van der Waals surface area contributed by atoms with Gasteiger partial charge in [-0.05, 0) is 12.5 Å². The molecule has 1 saturated heterocycles. The Kier molecular flexibility index (Phi) is 5.37. The minimum Gasteiger partial charge on any atom is -0.352 e. The first-order chi connectivity index (χ1) is 13.1. The first-order valence-electron chi connectivity index (χ1n) is 8.56. The Hall–Kier alpha value is -2.56. The number of halogens is 4. The van der Waals surface area contributed by atoms with E-state index in [9.17, 15) is 23.3 Å². The van der Waals surface area contributed by atoms with Crippen LogP contribution >= 0.6 is 11.6 Å². The number of nitro groups is 1. The molecule has 12 heteroatoms. The highest BCUT2D eigenvalue weighted by molar-refractivity contribution is 6.33. The maximum Gasteiger partial charge on any atom is 0.417 e. The Balaban J connectivity index is 1.79. The van der Waals surface area contributed by atoms with Crippen LogP contribution in [0.4, 0.5) is 30.5 Å². The normalized spacial score (nSPS) is 15.2. The number of aromatic nitrogens is 3. The first kappa shape index (κ1) is 20.2. The second-order valence-electron chi connectivity index (χ2n) is 6.35. The predicted octanol–water partition coefficient (Wildman–Crippen LogP) is 3.28. The van der Waals surface area contributed by atoms with Gasteiger partial charge in [0.25, 0.3) is 0 Å². The maximum absolute atomic E-state index is 12.8. The molecule has 0 radical (unpaired) electrons. The molecule has 3 heterocycles. The van der Waals surface area contributed by atoms with Gasteiger partial charge in [0.2, 0.25) is 5.82 Å². The Morgan fingerprint density at radius 2 is 1.86 bits per heavy atom. The molecule has 1 aliphatic rings. The number of aryl methyl sites for hydroxylation is 2. The van der Waals surface area contributed by atoms with Crippen molar-refractivity contribution in [2.45, 2.75) is 19.5 Å². The van der Waals surface area contributed by atoms with Gasteiger partial charge in [-0.1, -0.05) is 18.5 Å². The summed E-state index contributed by atoms with van der Waals surface area (Å²) >= 11 is 6.02. The summed E-state index contributed by atoms with van der Waals surface area (Å²) in [4.78, 5) is 18.6. The molecule has 1 aliphatic heterocycles. The van der Waals surface area contributed by atoms with Gasteiger partial charge in [-0.15, -0.1) is 0 Å². The Morgan fingerprint density at radius 3 is 2.36 bits per heavy atom. The van der Waals surface area contributed by atoms with Gasteiger partial charge in [0.1, 0.15) is 11.5 Å². The summed E-state index contributed by atoms with van der Waals surface area (Å²) in [7, 11) is 1.65. The molecule has 0 saturated carbocycles. The lowest BCUT2D eigenvalue weighted by Crippen LogP contribution is -2.47. The zero-order valence-electron chi connectivity index (χ0n) is 15.2. The van der Waals surface area contributed by atoms with E-state index in [1.54, 1.807) is 18.9 Å². The summed E-state index contributed by atoms with van der Waals surface area (Å²) < 4.78 is 39.8. The van der Waals surface area contributed by atoms with E-state index in [0.29, 0.717) is 44.1 Å². The van der Waals surface area contributed by atoms with E-state index in [0.717, 1.165) is 12.3 Å². The molecule has 3 rings (SSSR count). The molecular formula is C16H18ClF3N6O2. The third-order valence-corrected chi connectivity index (χ3v) is 4.89. The average molecular weight is 419 g/mol. The summed E-state index contributed by atoms with van der Waals surface area (Å²) in [5, 5.41) is 15.6. The van der Waals surface area contributed by atoms with E-state index in [1.165, 1.54) is 4.68 Å². The molecule has 0 aromatic carbocycles. The topological polar surface area (TPSA) is 80.3 Å². The van der Waals surface area contributed by atoms with Crippen molar-refractivity contribution in [2.75, 3.05) is 36.0 Å². The summed E-state index contributed by atoms with van der Waals surface area (Å²) in [5.41, 5.74) is -0.501. The number of piperazine rings is 1. The minimum atomic E-state index is -4.51. The van der Waals surface area contributed by atoms with Gasteiger partial charge in [-0.2, -0.15) is 18.3 Å². The quantitative estimate of drug-likeness (QED) is 0.560. The second kappa shape index (κ2) is 7.46. The molecule has 0 bridgehead atoms. The lowest BCUT2D eigenvalue weighted by Gasteiger charge is -2.36. The van der Waals surface area contributed by atoms with Gasteiger partial charge >= 0.3 is 11.9 Å². The second-order valence-corrected chi connectivity index (χ2v) is 6.76. The van der Waals surface area contributed by atoms with Gasteiger partial charge in [0, 0.05) is 39.4 Å². The van der Waals surface area contributed by atoms with Crippen LogP contribution in [0.3, 0.4) is 0 Å². The third kappa shape index (κ3) is 3.71. The predicted molar refractivity (Wildman–Crippen MR) is 97.9 cm³/mol. The summed E-state index contributed by atoms with van der Waals surface area (Å²) in [6.45, 7) is 3.45. The van der Waals surface area contributed by atoms with E-state index >= 15 is 0 Å². The van der Waals surface area contributed by atoms with Crippen LogP contribution in [0.5, 0.6) is 0 Å². The van der Waals surface area contributed by atoms with Crippen molar-refractivity contribution in [3.05, 3.63) is 38.7 Å². The number of hydrogen-bond acceptors (Lipinski definition) is 6. The SMILES string of the molecule is CCc1nn(C)c(N2CCN(c3ncc(C(F)(F)F)cc3Cl)CC2)c1[N+](=O)[O-]. The van der Waals surface area contributed by atoms with Crippen molar-refractivity contribution < 1.29 is 18.1 Å². The largest absolute Gasteiger partial charge is 0.417 e. The molecule has 0 N–H and O–H groups in total. The van der Waals surface area contributed by atoms with E-state index < -0.39 is 16.7 Å². The summed E-state index contributed by atoms with van der Waals surface area (Å²) in [5.74, 6) is 0.691. The fraction of sp³-hybridized carbons (Fsp3) is 0.500. The molecule has 0 spiro atoms. The zero-order valence-corrected chi connectivity index (χ0v) is 16.0. The van der Waals surface area contributed by atoms with Crippen LogP contribution in [-0.2, 0) is 19.6 Å². The third-order valence-electron chi connectivity index (χ3n) is 4.61. The van der Waals surface area contributed by atoms with Crippen molar-refractivity contribution in [1.82, 2.24) is 14.8 Å². The fourth-order valence-corrected chi connectivity index (χ4v) is 3.57. The molecule has 8 nitrogen and oxygen atoms in total. The van der Waals surface area contributed by atoms with Crippen molar-refractivity contribution in [1.29, 1.82) is 0 Å². The van der Waals surface area contributed by atoms with Crippen LogP contribution in [0, 0.1) is 10.1 Å². The van der Waals surface area contributed by atoms with E-state index in [1.807, 2.05) is 4.90 Å². The van der Waals surface area contributed by atoms with Gasteiger partial charge in [0.15, 0.2) is 0 Å². The lowest BCUT2D eigenvalue weighted by atomic mass is 10.2. The molecule has 0 atom stereocenters. The van der Waals surface area contributed by atoms with Crippen molar-refractivity contribution in [3.63, 3.8) is 0 Å². The Bertz CT molecular complexity index is 893. The lowest BCUT2D eigenvalue weighted by molar-refractivity contribution is -0.384.